The standard InChI is InChI=1S/C25H34FN5O3/c1-7-27-21-15-19(34-13-12-33-6)14-20(26)23(21)17(2)30-18-8-9-22(29-16-18)31-24(32)28-11-10-25(3,4)5/h7-9,14-16,30H,2,10-13H2,1,3-6H3,(H2,28,29,31,32). The minimum atomic E-state index is -0.522. The van der Waals surface area contributed by atoms with E-state index in [1.807, 2.05) is 0 Å². The van der Waals surface area contributed by atoms with Gasteiger partial charge < -0.3 is 20.1 Å². The molecule has 1 heterocycles. The van der Waals surface area contributed by atoms with Gasteiger partial charge in [0.1, 0.15) is 24.0 Å². The Morgan fingerprint density at radius 1 is 1.24 bits per heavy atom. The van der Waals surface area contributed by atoms with Gasteiger partial charge in [-0.1, -0.05) is 27.4 Å². The van der Waals surface area contributed by atoms with E-state index in [1.54, 1.807) is 38.4 Å². The maximum Gasteiger partial charge on any atom is 0.320 e. The van der Waals surface area contributed by atoms with Crippen LogP contribution in [0, 0.1) is 11.2 Å². The first-order valence-corrected chi connectivity index (χ1v) is 11.0. The summed E-state index contributed by atoms with van der Waals surface area (Å²) in [5, 5.41) is 8.54. The normalized spacial score (nSPS) is 11.4. The number of ether oxygens (including phenoxy) is 2. The molecule has 1 aromatic carbocycles. The van der Waals surface area contributed by atoms with Crippen molar-refractivity contribution in [1.29, 1.82) is 0 Å². The Morgan fingerprint density at radius 2 is 2.00 bits per heavy atom. The van der Waals surface area contributed by atoms with Crippen molar-refractivity contribution < 1.29 is 18.7 Å². The quantitative estimate of drug-likeness (QED) is 0.292. The molecule has 8 nitrogen and oxygen atoms in total. The predicted octanol–water partition coefficient (Wildman–Crippen LogP) is 5.61. The Balaban J connectivity index is 2.04. The molecule has 0 spiro atoms. The molecule has 0 unspecified atom stereocenters. The lowest BCUT2D eigenvalue weighted by molar-refractivity contribution is 0.146. The van der Waals surface area contributed by atoms with Crippen molar-refractivity contribution >= 4 is 35.1 Å². The zero-order valence-corrected chi connectivity index (χ0v) is 20.5. The Bertz CT molecular complexity index is 1000. The zero-order valence-electron chi connectivity index (χ0n) is 20.5. The summed E-state index contributed by atoms with van der Waals surface area (Å²) in [6.07, 6.45) is 3.96. The van der Waals surface area contributed by atoms with Crippen molar-refractivity contribution in [2.24, 2.45) is 10.4 Å². The van der Waals surface area contributed by atoms with Crippen LogP contribution in [-0.2, 0) is 4.74 Å². The molecule has 0 bridgehead atoms. The Hall–Kier alpha value is -3.46. The molecule has 2 aromatic rings. The van der Waals surface area contributed by atoms with E-state index in [1.165, 1.54) is 12.3 Å². The van der Waals surface area contributed by atoms with Crippen LogP contribution in [0.5, 0.6) is 5.75 Å². The average Bonchev–Trinajstić information content (AvgIpc) is 2.74. The number of urea groups is 1. The summed E-state index contributed by atoms with van der Waals surface area (Å²) in [6.45, 7) is 13.3. The van der Waals surface area contributed by atoms with Gasteiger partial charge in [0.25, 0.3) is 0 Å². The molecule has 3 N–H and O–H groups in total. The predicted molar refractivity (Wildman–Crippen MR) is 136 cm³/mol. The lowest BCUT2D eigenvalue weighted by Crippen LogP contribution is -2.31. The molecule has 0 radical (unpaired) electrons. The van der Waals surface area contributed by atoms with Crippen LogP contribution in [0.1, 0.15) is 39.7 Å². The van der Waals surface area contributed by atoms with E-state index in [2.05, 4.69) is 53.3 Å². The van der Waals surface area contributed by atoms with Gasteiger partial charge in [-0.05, 0) is 30.9 Å². The molecule has 2 amide bonds. The van der Waals surface area contributed by atoms with Gasteiger partial charge in [-0.3, -0.25) is 10.3 Å². The van der Waals surface area contributed by atoms with Gasteiger partial charge in [-0.15, -0.1) is 0 Å². The van der Waals surface area contributed by atoms with Crippen molar-refractivity contribution in [3.63, 3.8) is 0 Å². The number of carbonyl (C=O) groups is 1. The van der Waals surface area contributed by atoms with Crippen LogP contribution in [0.4, 0.5) is 26.4 Å². The second-order valence-corrected chi connectivity index (χ2v) is 8.76. The average molecular weight is 472 g/mol. The number of carbonyl (C=O) groups excluding carboxylic acids is 1. The van der Waals surface area contributed by atoms with Crippen LogP contribution in [0.2, 0.25) is 0 Å². The lowest BCUT2D eigenvalue weighted by Gasteiger charge is -2.18. The van der Waals surface area contributed by atoms with Crippen molar-refractivity contribution in [2.45, 2.75) is 34.1 Å². The molecular formula is C25H34FN5O3. The Labute approximate surface area is 200 Å². The molecule has 0 aliphatic carbocycles. The van der Waals surface area contributed by atoms with Crippen LogP contribution >= 0.6 is 0 Å². The van der Waals surface area contributed by atoms with Gasteiger partial charge in [0.2, 0.25) is 0 Å². The van der Waals surface area contributed by atoms with Gasteiger partial charge in [-0.25, -0.2) is 14.2 Å². The number of rotatable bonds is 11. The number of benzene rings is 1. The van der Waals surface area contributed by atoms with E-state index in [0.717, 1.165) is 6.42 Å². The monoisotopic (exact) mass is 471 g/mol. The van der Waals surface area contributed by atoms with Crippen molar-refractivity contribution in [2.75, 3.05) is 37.5 Å². The van der Waals surface area contributed by atoms with Gasteiger partial charge in [0.15, 0.2) is 0 Å². The molecule has 1 aromatic heterocycles. The summed E-state index contributed by atoms with van der Waals surface area (Å²) < 4.78 is 25.4. The first kappa shape index (κ1) is 26.8. The number of anilines is 2. The fraction of sp³-hybridized carbons (Fsp3) is 0.400. The highest BCUT2D eigenvalue weighted by Gasteiger charge is 2.15. The Kier molecular flexibility index (Phi) is 10.0. The number of amides is 2. The van der Waals surface area contributed by atoms with E-state index < -0.39 is 5.82 Å². The Morgan fingerprint density at radius 3 is 2.62 bits per heavy atom. The third-order valence-electron chi connectivity index (χ3n) is 4.63. The molecule has 0 aliphatic rings. The first-order chi connectivity index (χ1) is 16.1. The molecule has 34 heavy (non-hydrogen) atoms. The van der Waals surface area contributed by atoms with Crippen molar-refractivity contribution in [3.8, 4) is 5.75 Å². The second-order valence-electron chi connectivity index (χ2n) is 8.76. The van der Waals surface area contributed by atoms with Gasteiger partial charge >= 0.3 is 6.03 Å². The van der Waals surface area contributed by atoms with Gasteiger partial charge in [-0.2, -0.15) is 0 Å². The third kappa shape index (κ3) is 8.82. The molecule has 0 fully saturated rings. The number of aromatic nitrogens is 1. The number of hydrogen-bond acceptors (Lipinski definition) is 6. The minimum Gasteiger partial charge on any atom is -0.491 e. The van der Waals surface area contributed by atoms with E-state index in [9.17, 15) is 9.18 Å². The topological polar surface area (TPSA) is 96.9 Å². The SMILES string of the molecule is C=C(Nc1ccc(NC(=O)NCCC(C)(C)C)nc1)c1c(F)cc(OCCOC)cc1N=CC. The van der Waals surface area contributed by atoms with Gasteiger partial charge in [0, 0.05) is 37.7 Å². The fourth-order valence-corrected chi connectivity index (χ4v) is 2.92. The number of hydrogen-bond donors (Lipinski definition) is 3. The van der Waals surface area contributed by atoms with Crippen LogP contribution in [0.15, 0.2) is 42.0 Å². The highest BCUT2D eigenvalue weighted by molar-refractivity contribution is 5.88. The number of aliphatic imine (C=N–C) groups is 1. The molecular weight excluding hydrogens is 437 g/mol. The summed E-state index contributed by atoms with van der Waals surface area (Å²) in [7, 11) is 1.57. The number of halogens is 1. The molecule has 0 saturated carbocycles. The summed E-state index contributed by atoms with van der Waals surface area (Å²) in [5.41, 5.74) is 1.63. The van der Waals surface area contributed by atoms with Crippen LogP contribution in [0.3, 0.4) is 0 Å². The molecule has 184 valence electrons. The number of methoxy groups -OCH3 is 1. The van der Waals surface area contributed by atoms with Crippen LogP contribution < -0.4 is 20.7 Å². The summed E-state index contributed by atoms with van der Waals surface area (Å²) in [4.78, 5) is 20.5. The molecule has 0 atom stereocenters. The number of pyridine rings is 1. The van der Waals surface area contributed by atoms with Crippen LogP contribution in [-0.4, -0.2) is 44.1 Å². The zero-order chi connectivity index (χ0) is 25.1. The summed E-state index contributed by atoms with van der Waals surface area (Å²) >= 11 is 0. The smallest absolute Gasteiger partial charge is 0.320 e. The summed E-state index contributed by atoms with van der Waals surface area (Å²) in [6, 6.07) is 5.97. The van der Waals surface area contributed by atoms with E-state index >= 15 is 0 Å². The van der Waals surface area contributed by atoms with E-state index in [4.69, 9.17) is 9.47 Å². The summed E-state index contributed by atoms with van der Waals surface area (Å²) in [5.74, 6) is 0.222. The van der Waals surface area contributed by atoms with Gasteiger partial charge in [0.05, 0.1) is 29.7 Å². The minimum absolute atomic E-state index is 0.139. The number of nitrogens with one attached hydrogen (secondary N) is 3. The molecule has 0 saturated heterocycles. The van der Waals surface area contributed by atoms with E-state index in [0.29, 0.717) is 48.4 Å². The number of nitrogens with zero attached hydrogens (tertiary/aromatic N) is 2. The molecule has 2 rings (SSSR count). The van der Waals surface area contributed by atoms with Crippen molar-refractivity contribution in [1.82, 2.24) is 10.3 Å². The highest BCUT2D eigenvalue weighted by atomic mass is 19.1. The van der Waals surface area contributed by atoms with E-state index in [-0.39, 0.29) is 17.0 Å². The fourth-order valence-electron chi connectivity index (χ4n) is 2.92. The maximum absolute atomic E-state index is 14.9. The molecule has 9 heteroatoms. The largest absolute Gasteiger partial charge is 0.491 e. The lowest BCUT2D eigenvalue weighted by atomic mass is 9.92. The van der Waals surface area contributed by atoms with Crippen LogP contribution in [0.25, 0.3) is 5.70 Å². The highest BCUT2D eigenvalue weighted by Crippen LogP contribution is 2.33. The second kappa shape index (κ2) is 12.7. The first-order valence-electron chi connectivity index (χ1n) is 11.0. The maximum atomic E-state index is 14.9. The third-order valence-corrected chi connectivity index (χ3v) is 4.63. The van der Waals surface area contributed by atoms with Crippen molar-refractivity contribution in [3.05, 3.63) is 48.4 Å². The molecule has 0 aliphatic heterocycles.